The van der Waals surface area contributed by atoms with Gasteiger partial charge in [0.15, 0.2) is 17.7 Å². The number of phosphoric acid groups is 1. The van der Waals surface area contributed by atoms with E-state index < -0.39 is 44.3 Å². The Kier molecular flexibility index (Phi) is 18.9. The first-order valence-corrected chi connectivity index (χ1v) is 21.5. The number of nitriles is 1. The van der Waals surface area contributed by atoms with E-state index in [0.29, 0.717) is 23.4 Å². The van der Waals surface area contributed by atoms with Crippen molar-refractivity contribution in [1.29, 1.82) is 5.26 Å². The Balaban J connectivity index is 1.18. The number of nitrogens with zero attached hydrogens (tertiary/aromatic N) is 5. The Morgan fingerprint density at radius 1 is 0.982 bits per heavy atom. The molecule has 0 saturated carbocycles. The maximum absolute atomic E-state index is 13.1. The van der Waals surface area contributed by atoms with Gasteiger partial charge in [0.05, 0.1) is 25.5 Å². The number of pyridine rings is 1. The highest BCUT2D eigenvalue weighted by atomic mass is 31.2. The molecule has 4 rings (SSSR count). The molecule has 1 saturated heterocycles. The highest BCUT2D eigenvalue weighted by Crippen LogP contribution is 2.50. The quantitative estimate of drug-likeness (QED) is 0.0525. The molecule has 1 aliphatic rings. The molecular weight excluding hydrogens is 752 g/mol. The second kappa shape index (κ2) is 23.3. The molecule has 17 heteroatoms. The van der Waals surface area contributed by atoms with E-state index in [1.54, 1.807) is 12.1 Å². The Morgan fingerprint density at radius 2 is 1.62 bits per heavy atom. The smallest absolute Gasteiger partial charge is 0.382 e. The Bertz CT molecular complexity index is 1680. The summed E-state index contributed by atoms with van der Waals surface area (Å²) in [7, 11) is -4.75. The van der Waals surface area contributed by atoms with E-state index in [2.05, 4.69) is 28.1 Å². The van der Waals surface area contributed by atoms with Gasteiger partial charge in [-0.05, 0) is 30.2 Å². The molecular formula is C39H58F3N6O7P. The number of alkyl halides is 3. The summed E-state index contributed by atoms with van der Waals surface area (Å²) in [5.41, 5.74) is 4.55. The lowest BCUT2D eigenvalue weighted by Gasteiger charge is -2.23. The van der Waals surface area contributed by atoms with Crippen molar-refractivity contribution < 1.29 is 45.9 Å². The average molecular weight is 811 g/mol. The van der Waals surface area contributed by atoms with Crippen LogP contribution in [0, 0.1) is 11.3 Å². The van der Waals surface area contributed by atoms with Crippen LogP contribution in [0.4, 0.5) is 19.0 Å². The average Bonchev–Trinajstić information content (AvgIpc) is 3.80. The molecule has 0 bridgehead atoms. The summed E-state index contributed by atoms with van der Waals surface area (Å²) in [5.74, 6) is 0.207. The first-order valence-electron chi connectivity index (χ1n) is 20.0. The lowest BCUT2D eigenvalue weighted by Crippen LogP contribution is -2.28. The zero-order valence-electron chi connectivity index (χ0n) is 32.5. The second-order valence-electron chi connectivity index (χ2n) is 14.4. The summed E-state index contributed by atoms with van der Waals surface area (Å²) >= 11 is 0. The van der Waals surface area contributed by atoms with Gasteiger partial charge in [0.1, 0.15) is 29.7 Å². The first kappa shape index (κ1) is 45.5. The number of hydrogen-bond donors (Lipinski definition) is 2. The number of hydrogen-bond acceptors (Lipinski definition) is 11. The van der Waals surface area contributed by atoms with Crippen LogP contribution in [0.15, 0.2) is 36.8 Å². The fourth-order valence-corrected chi connectivity index (χ4v) is 7.54. The minimum absolute atomic E-state index is 0.00342. The van der Waals surface area contributed by atoms with Gasteiger partial charge in [-0.1, -0.05) is 109 Å². The second-order valence-corrected chi connectivity index (χ2v) is 15.8. The third-order valence-corrected chi connectivity index (χ3v) is 10.8. The van der Waals surface area contributed by atoms with Crippen molar-refractivity contribution in [2.24, 2.45) is 0 Å². The van der Waals surface area contributed by atoms with Crippen LogP contribution >= 0.6 is 7.82 Å². The molecule has 4 atom stereocenters. The molecule has 0 amide bonds. The van der Waals surface area contributed by atoms with Crippen LogP contribution in [0.25, 0.3) is 5.52 Å². The van der Waals surface area contributed by atoms with E-state index in [1.807, 2.05) is 0 Å². The van der Waals surface area contributed by atoms with Crippen LogP contribution in [0.3, 0.4) is 0 Å². The first-order chi connectivity index (χ1) is 27.0. The third-order valence-electron chi connectivity index (χ3n) is 9.86. The van der Waals surface area contributed by atoms with E-state index >= 15 is 0 Å². The van der Waals surface area contributed by atoms with Crippen LogP contribution in [0.1, 0.15) is 139 Å². The van der Waals surface area contributed by atoms with Gasteiger partial charge in [0.25, 0.3) is 0 Å². The number of aromatic nitrogens is 4. The number of ether oxygens (including phenoxy) is 3. The molecule has 1 fully saturated rings. The number of nitrogen functional groups attached to an aromatic ring is 1. The van der Waals surface area contributed by atoms with E-state index in [9.17, 15) is 27.9 Å². The maximum atomic E-state index is 13.1. The molecule has 0 aromatic carbocycles. The molecule has 0 aliphatic carbocycles. The molecule has 3 aromatic heterocycles. The van der Waals surface area contributed by atoms with Crippen molar-refractivity contribution in [2.75, 3.05) is 25.6 Å². The van der Waals surface area contributed by atoms with Crippen molar-refractivity contribution >= 4 is 19.2 Å². The number of phosphoric ester groups is 1. The number of nitrogens with two attached hydrogens (primary N) is 1. The fourth-order valence-electron chi connectivity index (χ4n) is 6.68. The van der Waals surface area contributed by atoms with Crippen LogP contribution in [0.5, 0.6) is 0 Å². The Labute approximate surface area is 328 Å². The monoisotopic (exact) mass is 810 g/mol. The van der Waals surface area contributed by atoms with Crippen LogP contribution in [-0.4, -0.2) is 56.7 Å². The van der Waals surface area contributed by atoms with Crippen molar-refractivity contribution in [3.8, 4) is 6.07 Å². The predicted octanol–water partition coefficient (Wildman–Crippen LogP) is 9.58. The van der Waals surface area contributed by atoms with Gasteiger partial charge in [0.2, 0.25) is 0 Å². The van der Waals surface area contributed by atoms with E-state index in [-0.39, 0.29) is 31.9 Å². The predicted molar refractivity (Wildman–Crippen MR) is 204 cm³/mol. The minimum Gasteiger partial charge on any atom is -0.382 e. The van der Waals surface area contributed by atoms with Crippen LogP contribution in [0.2, 0.25) is 0 Å². The zero-order valence-corrected chi connectivity index (χ0v) is 33.4. The van der Waals surface area contributed by atoms with Crippen molar-refractivity contribution in [3.05, 3.63) is 53.7 Å². The Hall–Kier alpha value is -3.16. The van der Waals surface area contributed by atoms with Crippen LogP contribution < -0.4 is 5.73 Å². The molecule has 4 heterocycles. The highest BCUT2D eigenvalue weighted by Gasteiger charge is 2.47. The lowest BCUT2D eigenvalue weighted by molar-refractivity contribution is -0.141. The van der Waals surface area contributed by atoms with Crippen molar-refractivity contribution in [3.63, 3.8) is 0 Å². The summed E-state index contributed by atoms with van der Waals surface area (Å²) < 4.78 is 81.6. The summed E-state index contributed by atoms with van der Waals surface area (Å²) in [6, 6.07) is 7.50. The summed E-state index contributed by atoms with van der Waals surface area (Å²) in [6.45, 7) is 2.10. The van der Waals surface area contributed by atoms with Crippen molar-refractivity contribution in [1.82, 2.24) is 19.6 Å². The van der Waals surface area contributed by atoms with Gasteiger partial charge in [-0.25, -0.2) is 14.1 Å². The standard InChI is InChI=1S/C39H58F3N6O7P/c1-2-3-4-5-6-7-8-9-10-11-12-13-14-15-16-17-24-51-27-32(52-26-31-18-20-34(45-25-31)39(40,41)42)28-53-56(49,50)55-36-22-23-38(29-43,54-36)35-21-19-33-37(44)46-30-47-48(33)35/h18-21,25,30,32,36H,2-17,22-24,26-28H2,1H3,(H,49,50)(H2,44,46,47)/t32-,36-,38+/m1/s1. The van der Waals surface area contributed by atoms with Gasteiger partial charge < -0.3 is 24.8 Å². The largest absolute Gasteiger partial charge is 0.474 e. The SMILES string of the molecule is CCCCCCCCCCCCCCCCCCOC[C@H](COP(=O)(O)O[C@@H]1CC[C@](C#N)(c2ccc3c(N)ncnn23)O1)OCc1ccc(C(F)(F)F)nc1. The van der Waals surface area contributed by atoms with E-state index in [4.69, 9.17) is 29.0 Å². The fraction of sp³-hybridized carbons (Fsp3) is 0.692. The normalized spacial score (nSPS) is 19.0. The topological polar surface area (TPSA) is 176 Å². The molecule has 56 heavy (non-hydrogen) atoms. The molecule has 0 radical (unpaired) electrons. The highest BCUT2D eigenvalue weighted by molar-refractivity contribution is 7.47. The number of fused-ring (bicyclic) bond motifs is 1. The summed E-state index contributed by atoms with van der Waals surface area (Å²) in [5, 5.41) is 14.3. The zero-order chi connectivity index (χ0) is 40.3. The summed E-state index contributed by atoms with van der Waals surface area (Å²) in [6.07, 6.45) is 15.8. The Morgan fingerprint density at radius 3 is 2.21 bits per heavy atom. The number of anilines is 1. The molecule has 312 valence electrons. The number of rotatable bonds is 28. The van der Waals surface area contributed by atoms with Crippen molar-refractivity contribution in [2.45, 2.75) is 153 Å². The van der Waals surface area contributed by atoms with Gasteiger partial charge in [-0.2, -0.15) is 23.5 Å². The van der Waals surface area contributed by atoms with Gasteiger partial charge in [-0.15, -0.1) is 0 Å². The lowest BCUT2D eigenvalue weighted by atomic mass is 9.98. The molecule has 13 nitrogen and oxygen atoms in total. The van der Waals surface area contributed by atoms with E-state index in [1.165, 1.54) is 100 Å². The van der Waals surface area contributed by atoms with Gasteiger partial charge in [-0.3, -0.25) is 14.0 Å². The summed E-state index contributed by atoms with van der Waals surface area (Å²) in [4.78, 5) is 18.0. The van der Waals surface area contributed by atoms with Gasteiger partial charge >= 0.3 is 14.0 Å². The molecule has 1 unspecified atom stereocenters. The molecule has 3 aromatic rings. The molecule has 1 aliphatic heterocycles. The number of halogens is 3. The molecule has 3 N–H and O–H groups in total. The minimum atomic E-state index is -4.75. The van der Waals surface area contributed by atoms with E-state index in [0.717, 1.165) is 31.5 Å². The van der Waals surface area contributed by atoms with Crippen LogP contribution in [-0.2, 0) is 46.2 Å². The van der Waals surface area contributed by atoms with Gasteiger partial charge in [0, 0.05) is 25.6 Å². The molecule has 0 spiro atoms. The number of unbranched alkanes of at least 4 members (excludes halogenated alkanes) is 15. The maximum Gasteiger partial charge on any atom is 0.474 e. The third kappa shape index (κ3) is 15.0.